The van der Waals surface area contributed by atoms with Gasteiger partial charge in [0.25, 0.3) is 0 Å². The number of phenols is 1. The standard InChI is InChI=1S/C47H48N2OS/c1-28-19-20-48-41-36(28)26-34(46(5,6)7)27-37(41)31-21-32(23-33(22-31)45(2,3)4)44-49-42-35(17-14-18-40(42)51-44)38-24-30(29-15-12-11-13-16-29)25-39(43(38)50)47(8,9)10/h11-27,50H,1-10H3. The Bertz CT molecular complexity index is 2430. The van der Waals surface area contributed by atoms with Crippen LogP contribution in [0.25, 0.3) is 65.1 Å². The third kappa shape index (κ3) is 6.58. The van der Waals surface area contributed by atoms with Gasteiger partial charge in [-0.3, -0.25) is 4.98 Å². The summed E-state index contributed by atoms with van der Waals surface area (Å²) >= 11 is 1.70. The number of hydrogen-bond acceptors (Lipinski definition) is 4. The molecule has 4 heteroatoms. The van der Waals surface area contributed by atoms with Crippen molar-refractivity contribution >= 4 is 32.5 Å². The van der Waals surface area contributed by atoms with E-state index in [0.29, 0.717) is 5.75 Å². The smallest absolute Gasteiger partial charge is 0.127 e. The summed E-state index contributed by atoms with van der Waals surface area (Å²) in [5.41, 5.74) is 13.6. The van der Waals surface area contributed by atoms with Gasteiger partial charge in [-0.25, -0.2) is 4.98 Å². The fourth-order valence-electron chi connectivity index (χ4n) is 6.88. The number of aromatic hydroxyl groups is 1. The number of hydrogen-bond donors (Lipinski definition) is 1. The Balaban J connectivity index is 1.46. The molecule has 3 nitrogen and oxygen atoms in total. The molecule has 0 radical (unpaired) electrons. The molecule has 7 aromatic rings. The van der Waals surface area contributed by atoms with Crippen molar-refractivity contribution in [3.05, 3.63) is 126 Å². The van der Waals surface area contributed by atoms with Gasteiger partial charge in [-0.05, 0) is 105 Å². The normalized spacial score (nSPS) is 12.6. The van der Waals surface area contributed by atoms with E-state index < -0.39 is 0 Å². The number of pyridine rings is 1. The van der Waals surface area contributed by atoms with Crippen molar-refractivity contribution in [2.75, 3.05) is 0 Å². The lowest BCUT2D eigenvalue weighted by Gasteiger charge is -2.24. The minimum absolute atomic E-state index is 0.0185. The quantitative estimate of drug-likeness (QED) is 0.200. The summed E-state index contributed by atoms with van der Waals surface area (Å²) in [7, 11) is 0. The summed E-state index contributed by atoms with van der Waals surface area (Å²) in [5, 5.41) is 14.0. The van der Waals surface area contributed by atoms with Gasteiger partial charge in [-0.2, -0.15) is 0 Å². The molecule has 0 amide bonds. The van der Waals surface area contributed by atoms with Crippen molar-refractivity contribution in [3.63, 3.8) is 0 Å². The zero-order chi connectivity index (χ0) is 36.5. The molecule has 0 saturated heterocycles. The van der Waals surface area contributed by atoms with Crippen LogP contribution < -0.4 is 0 Å². The second kappa shape index (κ2) is 12.5. The van der Waals surface area contributed by atoms with Crippen molar-refractivity contribution in [1.29, 1.82) is 0 Å². The van der Waals surface area contributed by atoms with Gasteiger partial charge in [0.15, 0.2) is 0 Å². The summed E-state index contributed by atoms with van der Waals surface area (Å²) in [4.78, 5) is 10.3. The third-order valence-corrected chi connectivity index (χ3v) is 11.1. The Labute approximate surface area is 307 Å². The molecule has 2 aromatic heterocycles. The Morgan fingerprint density at radius 2 is 1.24 bits per heavy atom. The van der Waals surface area contributed by atoms with E-state index in [1.165, 1.54) is 22.1 Å². The SMILES string of the molecule is Cc1ccnc2c(-c3cc(-c4nc5c(-c6cc(-c7ccccc7)cc(C(C)(C)C)c6O)cccc5s4)cc(C(C)(C)C)c3)cc(C(C)(C)C)cc12. The summed E-state index contributed by atoms with van der Waals surface area (Å²) in [5.74, 6) is 0.314. The number of thiazole rings is 1. The molecule has 0 aliphatic carbocycles. The molecule has 0 atom stereocenters. The number of benzene rings is 5. The number of aromatic nitrogens is 2. The first-order valence-electron chi connectivity index (χ1n) is 17.9. The van der Waals surface area contributed by atoms with Gasteiger partial charge < -0.3 is 5.11 Å². The molecular formula is C47H48N2OS. The Morgan fingerprint density at radius 1 is 0.549 bits per heavy atom. The van der Waals surface area contributed by atoms with Gasteiger partial charge in [0.05, 0.1) is 15.7 Å². The average molecular weight is 689 g/mol. The molecule has 7 rings (SSSR count). The van der Waals surface area contributed by atoms with Crippen LogP contribution >= 0.6 is 11.3 Å². The van der Waals surface area contributed by atoms with Crippen LogP contribution in [-0.4, -0.2) is 15.1 Å². The molecule has 0 fully saturated rings. The highest BCUT2D eigenvalue weighted by atomic mass is 32.1. The molecule has 0 unspecified atom stereocenters. The largest absolute Gasteiger partial charge is 0.507 e. The number of para-hydroxylation sites is 1. The molecule has 51 heavy (non-hydrogen) atoms. The first-order valence-corrected chi connectivity index (χ1v) is 18.7. The number of fused-ring (bicyclic) bond motifs is 2. The van der Waals surface area contributed by atoms with Crippen molar-refractivity contribution in [3.8, 4) is 49.7 Å². The Morgan fingerprint density at radius 3 is 1.92 bits per heavy atom. The number of phenolic OH excluding ortho intramolecular Hbond substituents is 1. The van der Waals surface area contributed by atoms with E-state index in [4.69, 9.17) is 9.97 Å². The molecular weight excluding hydrogens is 641 g/mol. The summed E-state index contributed by atoms with van der Waals surface area (Å²) in [6.45, 7) is 22.3. The van der Waals surface area contributed by atoms with Crippen molar-refractivity contribution < 1.29 is 5.11 Å². The Hall–Kier alpha value is -4.80. The zero-order valence-electron chi connectivity index (χ0n) is 31.6. The second-order valence-electron chi connectivity index (χ2n) is 17.1. The van der Waals surface area contributed by atoms with E-state index >= 15 is 0 Å². The number of aryl methyl sites for hydroxylation is 1. The molecule has 0 spiro atoms. The van der Waals surface area contributed by atoms with Gasteiger partial charge in [-0.1, -0.05) is 111 Å². The van der Waals surface area contributed by atoms with Crippen molar-refractivity contribution in [2.24, 2.45) is 0 Å². The van der Waals surface area contributed by atoms with Crippen LogP contribution in [0.5, 0.6) is 5.75 Å². The highest BCUT2D eigenvalue weighted by molar-refractivity contribution is 7.21. The summed E-state index contributed by atoms with van der Waals surface area (Å²) in [6.07, 6.45) is 1.93. The van der Waals surface area contributed by atoms with Gasteiger partial charge in [0, 0.05) is 39.4 Å². The monoisotopic (exact) mass is 688 g/mol. The average Bonchev–Trinajstić information content (AvgIpc) is 3.52. The van der Waals surface area contributed by atoms with Gasteiger partial charge >= 0.3 is 0 Å². The molecule has 2 heterocycles. The lowest BCUT2D eigenvalue weighted by Crippen LogP contribution is -2.12. The van der Waals surface area contributed by atoms with E-state index in [-0.39, 0.29) is 16.2 Å². The van der Waals surface area contributed by atoms with Crippen LogP contribution in [0, 0.1) is 6.92 Å². The van der Waals surface area contributed by atoms with Crippen molar-refractivity contribution in [2.45, 2.75) is 85.5 Å². The van der Waals surface area contributed by atoms with Crippen LogP contribution in [0.3, 0.4) is 0 Å². The number of rotatable bonds is 4. The predicted molar refractivity (Wildman–Crippen MR) is 219 cm³/mol. The summed E-state index contributed by atoms with van der Waals surface area (Å²) < 4.78 is 1.09. The first-order chi connectivity index (χ1) is 24.0. The predicted octanol–water partition coefficient (Wildman–Crippen LogP) is 13.4. The van der Waals surface area contributed by atoms with E-state index in [1.54, 1.807) is 11.3 Å². The first kappa shape index (κ1) is 34.6. The highest BCUT2D eigenvalue weighted by Crippen LogP contribution is 2.46. The fourth-order valence-corrected chi connectivity index (χ4v) is 7.86. The molecule has 5 aromatic carbocycles. The van der Waals surface area contributed by atoms with Crippen LogP contribution in [0.1, 0.15) is 84.6 Å². The van der Waals surface area contributed by atoms with Crippen LogP contribution in [0.2, 0.25) is 0 Å². The van der Waals surface area contributed by atoms with Crippen LogP contribution in [-0.2, 0) is 16.2 Å². The van der Waals surface area contributed by atoms with Crippen LogP contribution in [0.15, 0.2) is 103 Å². The van der Waals surface area contributed by atoms with E-state index in [9.17, 15) is 5.11 Å². The maximum atomic E-state index is 11.9. The molecule has 0 aliphatic heterocycles. The molecule has 258 valence electrons. The van der Waals surface area contributed by atoms with Gasteiger partial charge in [-0.15, -0.1) is 11.3 Å². The molecule has 0 aliphatic rings. The van der Waals surface area contributed by atoms with Gasteiger partial charge in [0.2, 0.25) is 0 Å². The van der Waals surface area contributed by atoms with Gasteiger partial charge in [0.1, 0.15) is 10.8 Å². The van der Waals surface area contributed by atoms with Crippen molar-refractivity contribution in [1.82, 2.24) is 9.97 Å². The third-order valence-electron chi connectivity index (χ3n) is 10.0. The highest BCUT2D eigenvalue weighted by Gasteiger charge is 2.25. The van der Waals surface area contributed by atoms with E-state index in [0.717, 1.165) is 65.2 Å². The second-order valence-corrected chi connectivity index (χ2v) is 18.1. The number of nitrogens with zero attached hydrogens (tertiary/aromatic N) is 2. The van der Waals surface area contributed by atoms with Crippen LogP contribution in [0.4, 0.5) is 0 Å². The maximum Gasteiger partial charge on any atom is 0.127 e. The minimum atomic E-state index is -0.254. The minimum Gasteiger partial charge on any atom is -0.507 e. The zero-order valence-corrected chi connectivity index (χ0v) is 32.4. The summed E-state index contributed by atoms with van der Waals surface area (Å²) in [6, 6.07) is 34.7. The lowest BCUT2D eigenvalue weighted by molar-refractivity contribution is 0.449. The topological polar surface area (TPSA) is 46.0 Å². The van der Waals surface area contributed by atoms with E-state index in [1.807, 2.05) is 12.3 Å². The molecule has 0 bridgehead atoms. The Kier molecular flexibility index (Phi) is 8.46. The maximum absolute atomic E-state index is 11.9. The molecule has 0 saturated carbocycles. The lowest BCUT2D eigenvalue weighted by atomic mass is 9.81. The fraction of sp³-hybridized carbons (Fsp3) is 0.277. The molecule has 1 N–H and O–H groups in total. The van der Waals surface area contributed by atoms with E-state index in [2.05, 4.69) is 160 Å².